The topological polar surface area (TPSA) is 151 Å². The van der Waals surface area contributed by atoms with Crippen molar-refractivity contribution in [2.75, 3.05) is 6.61 Å². The number of fused-ring (bicyclic) bond motifs is 1. The lowest BCUT2D eigenvalue weighted by Crippen LogP contribution is -2.18. The van der Waals surface area contributed by atoms with Crippen LogP contribution in [0.25, 0.3) is 16.7 Å². The molecule has 0 radical (unpaired) electrons. The summed E-state index contributed by atoms with van der Waals surface area (Å²) in [4.78, 5) is 38.5. The first-order valence-electron chi connectivity index (χ1n) is 7.35. The van der Waals surface area contributed by atoms with Crippen molar-refractivity contribution in [3.05, 3.63) is 56.6 Å². The number of carbonyl (C=O) groups excluding carboxylic acids is 1. The van der Waals surface area contributed by atoms with Crippen molar-refractivity contribution in [2.45, 2.75) is 11.8 Å². The molecule has 0 atom stereocenters. The van der Waals surface area contributed by atoms with Crippen molar-refractivity contribution >= 4 is 27.1 Å². The van der Waals surface area contributed by atoms with Crippen molar-refractivity contribution < 1.29 is 22.5 Å². The lowest BCUT2D eigenvalue weighted by Gasteiger charge is -2.02. The van der Waals surface area contributed by atoms with Crippen LogP contribution in [-0.2, 0) is 14.9 Å². The molecule has 2 heterocycles. The molecule has 0 aliphatic heterocycles. The standard InChI is InChI=1S/C15H13N3O7S/c1-2-25-15(21)10-7-11(19)16-13-12(10)14(20)18(17-13)8-3-5-9(6-4-8)26(22,23)24/h3-7H,2H2,1H3,(H2,16,17,19)(H,22,23,24). The van der Waals surface area contributed by atoms with Gasteiger partial charge in [-0.25, -0.2) is 9.48 Å². The van der Waals surface area contributed by atoms with Crippen LogP contribution in [0.3, 0.4) is 0 Å². The van der Waals surface area contributed by atoms with Gasteiger partial charge in [0.05, 0.1) is 28.1 Å². The molecule has 0 aliphatic rings. The van der Waals surface area contributed by atoms with Crippen LogP contribution < -0.4 is 11.1 Å². The van der Waals surface area contributed by atoms with E-state index in [4.69, 9.17) is 9.29 Å². The quantitative estimate of drug-likeness (QED) is 0.439. The van der Waals surface area contributed by atoms with Crippen molar-refractivity contribution in [3.8, 4) is 5.69 Å². The summed E-state index contributed by atoms with van der Waals surface area (Å²) in [5, 5.41) is 2.58. The predicted molar refractivity (Wildman–Crippen MR) is 90.3 cm³/mol. The van der Waals surface area contributed by atoms with Crippen molar-refractivity contribution in [1.29, 1.82) is 0 Å². The Balaban J connectivity index is 2.22. The van der Waals surface area contributed by atoms with Crippen LogP contribution in [0.1, 0.15) is 17.3 Å². The summed E-state index contributed by atoms with van der Waals surface area (Å²) in [5.74, 6) is -0.812. The molecule has 0 unspecified atom stereocenters. The molecule has 2 aromatic heterocycles. The Kier molecular flexibility index (Phi) is 4.26. The maximum absolute atomic E-state index is 12.7. The molecule has 0 saturated heterocycles. The number of H-pyrrole nitrogens is 2. The Morgan fingerprint density at radius 3 is 2.46 bits per heavy atom. The van der Waals surface area contributed by atoms with E-state index >= 15 is 0 Å². The molecule has 136 valence electrons. The molecule has 11 heteroatoms. The predicted octanol–water partition coefficient (Wildman–Crippen LogP) is 0.430. The summed E-state index contributed by atoms with van der Waals surface area (Å²) in [6, 6.07) is 5.75. The van der Waals surface area contributed by atoms with Gasteiger partial charge in [0.15, 0.2) is 0 Å². The molecule has 0 aliphatic carbocycles. The Bertz CT molecular complexity index is 1220. The Hall–Kier alpha value is -3.18. The first-order valence-corrected chi connectivity index (χ1v) is 8.79. The van der Waals surface area contributed by atoms with Crippen LogP contribution in [0.2, 0.25) is 0 Å². The van der Waals surface area contributed by atoms with Gasteiger partial charge in [-0.05, 0) is 31.2 Å². The zero-order valence-corrected chi connectivity index (χ0v) is 14.2. The normalized spacial score (nSPS) is 11.6. The van der Waals surface area contributed by atoms with Gasteiger partial charge in [0.1, 0.15) is 5.65 Å². The Morgan fingerprint density at radius 2 is 1.88 bits per heavy atom. The second kappa shape index (κ2) is 6.28. The molecule has 3 N–H and O–H groups in total. The van der Waals surface area contributed by atoms with E-state index in [2.05, 4.69) is 10.1 Å². The maximum atomic E-state index is 12.7. The molecular weight excluding hydrogens is 366 g/mol. The third-order valence-electron chi connectivity index (χ3n) is 3.57. The van der Waals surface area contributed by atoms with E-state index in [-0.39, 0.29) is 33.8 Å². The second-order valence-electron chi connectivity index (χ2n) is 5.24. The fourth-order valence-electron chi connectivity index (χ4n) is 2.46. The molecule has 0 amide bonds. The number of carbonyl (C=O) groups is 1. The minimum atomic E-state index is -4.37. The van der Waals surface area contributed by atoms with E-state index in [1.165, 1.54) is 12.1 Å². The lowest BCUT2D eigenvalue weighted by molar-refractivity contribution is 0.0528. The van der Waals surface area contributed by atoms with E-state index in [9.17, 15) is 22.8 Å². The van der Waals surface area contributed by atoms with Gasteiger partial charge >= 0.3 is 5.97 Å². The third-order valence-corrected chi connectivity index (χ3v) is 4.44. The maximum Gasteiger partial charge on any atom is 0.339 e. The summed E-state index contributed by atoms with van der Waals surface area (Å²) in [6.45, 7) is 1.66. The van der Waals surface area contributed by atoms with Gasteiger partial charge in [-0.3, -0.25) is 19.2 Å². The first-order chi connectivity index (χ1) is 12.2. The number of nitrogens with zero attached hydrogens (tertiary/aromatic N) is 1. The number of aromatic nitrogens is 3. The number of hydrogen-bond acceptors (Lipinski definition) is 6. The van der Waals surface area contributed by atoms with Crippen LogP contribution >= 0.6 is 0 Å². The highest BCUT2D eigenvalue weighted by Gasteiger charge is 2.20. The van der Waals surface area contributed by atoms with Gasteiger partial charge in [-0.15, -0.1) is 0 Å². The number of benzene rings is 1. The second-order valence-corrected chi connectivity index (χ2v) is 6.66. The summed E-state index contributed by atoms with van der Waals surface area (Å²) in [7, 11) is -4.37. The van der Waals surface area contributed by atoms with E-state index in [0.29, 0.717) is 0 Å². The molecular formula is C15H13N3O7S. The molecule has 10 nitrogen and oxygen atoms in total. The van der Waals surface area contributed by atoms with Gasteiger partial charge in [-0.1, -0.05) is 0 Å². The van der Waals surface area contributed by atoms with Gasteiger partial charge in [0.25, 0.3) is 15.7 Å². The molecule has 0 fully saturated rings. The van der Waals surface area contributed by atoms with Gasteiger partial charge in [-0.2, -0.15) is 8.42 Å². The zero-order chi connectivity index (χ0) is 19.1. The fraction of sp³-hybridized carbons (Fsp3) is 0.133. The van der Waals surface area contributed by atoms with Crippen LogP contribution in [0, 0.1) is 0 Å². The number of ether oxygens (including phenoxy) is 1. The molecule has 0 bridgehead atoms. The highest BCUT2D eigenvalue weighted by atomic mass is 32.2. The third kappa shape index (κ3) is 3.05. The summed E-state index contributed by atoms with van der Waals surface area (Å²) in [5.41, 5.74) is -1.17. The average molecular weight is 379 g/mol. The Morgan fingerprint density at radius 1 is 1.23 bits per heavy atom. The van der Waals surface area contributed by atoms with Crippen LogP contribution in [0.15, 0.2) is 44.8 Å². The number of esters is 1. The summed E-state index contributed by atoms with van der Waals surface area (Å²) >= 11 is 0. The van der Waals surface area contributed by atoms with Crippen LogP contribution in [0.5, 0.6) is 0 Å². The Labute approximate surface area is 145 Å². The molecule has 0 saturated carbocycles. The van der Waals surface area contributed by atoms with Crippen LogP contribution in [-0.4, -0.2) is 40.3 Å². The van der Waals surface area contributed by atoms with Gasteiger partial charge < -0.3 is 9.72 Å². The van der Waals surface area contributed by atoms with E-state index in [1.807, 2.05) is 0 Å². The fourth-order valence-corrected chi connectivity index (χ4v) is 2.94. The van der Waals surface area contributed by atoms with E-state index < -0.39 is 27.2 Å². The largest absolute Gasteiger partial charge is 0.462 e. The number of aromatic amines is 2. The molecule has 0 spiro atoms. The van der Waals surface area contributed by atoms with E-state index in [0.717, 1.165) is 22.9 Å². The van der Waals surface area contributed by atoms with E-state index in [1.54, 1.807) is 6.92 Å². The first kappa shape index (κ1) is 17.6. The van der Waals surface area contributed by atoms with Crippen molar-refractivity contribution in [3.63, 3.8) is 0 Å². The lowest BCUT2D eigenvalue weighted by atomic mass is 10.2. The minimum absolute atomic E-state index is 0.0180. The average Bonchev–Trinajstić information content (AvgIpc) is 2.90. The number of rotatable bonds is 4. The van der Waals surface area contributed by atoms with Crippen molar-refractivity contribution in [2.24, 2.45) is 0 Å². The SMILES string of the molecule is CCOC(=O)c1cc(=O)[nH]c2[nH]n(-c3ccc(S(=O)(=O)O)cc3)c(=O)c12. The van der Waals surface area contributed by atoms with Crippen LogP contribution in [0.4, 0.5) is 0 Å². The number of pyridine rings is 1. The number of hydrogen-bond donors (Lipinski definition) is 3. The molecule has 3 aromatic rings. The smallest absolute Gasteiger partial charge is 0.339 e. The molecule has 3 rings (SSSR count). The molecule has 1 aromatic carbocycles. The number of nitrogens with one attached hydrogen (secondary N) is 2. The monoisotopic (exact) mass is 379 g/mol. The van der Waals surface area contributed by atoms with Gasteiger partial charge in [0.2, 0.25) is 5.56 Å². The zero-order valence-electron chi connectivity index (χ0n) is 13.3. The minimum Gasteiger partial charge on any atom is -0.462 e. The van der Waals surface area contributed by atoms with Crippen molar-refractivity contribution in [1.82, 2.24) is 14.8 Å². The highest BCUT2D eigenvalue weighted by molar-refractivity contribution is 7.85. The molecule has 26 heavy (non-hydrogen) atoms. The highest BCUT2D eigenvalue weighted by Crippen LogP contribution is 2.15. The summed E-state index contributed by atoms with van der Waals surface area (Å²) < 4.78 is 37.1. The van der Waals surface area contributed by atoms with Gasteiger partial charge in [0, 0.05) is 6.07 Å². The summed E-state index contributed by atoms with van der Waals surface area (Å²) in [6.07, 6.45) is 0.